The third kappa shape index (κ3) is 6.88. The van der Waals surface area contributed by atoms with E-state index >= 15 is 0 Å². The number of benzene rings is 3. The van der Waals surface area contributed by atoms with Crippen molar-refractivity contribution in [2.75, 3.05) is 6.54 Å². The highest BCUT2D eigenvalue weighted by atomic mass is 35.5. The molecular formula is C33H39ClFN3O. The Morgan fingerprint density at radius 3 is 2.31 bits per heavy atom. The molecular weight excluding hydrogens is 509 g/mol. The second-order valence-electron chi connectivity index (χ2n) is 12.4. The van der Waals surface area contributed by atoms with Crippen LogP contribution in [0.1, 0.15) is 71.4 Å². The average Bonchev–Trinajstić information content (AvgIpc) is 3.30. The van der Waals surface area contributed by atoms with E-state index < -0.39 is 0 Å². The van der Waals surface area contributed by atoms with Crippen LogP contribution >= 0.6 is 11.6 Å². The summed E-state index contributed by atoms with van der Waals surface area (Å²) in [5, 5.41) is 9.54. The van der Waals surface area contributed by atoms with E-state index in [9.17, 15) is 9.18 Å². The van der Waals surface area contributed by atoms with Gasteiger partial charge in [0.1, 0.15) is 5.82 Å². The van der Waals surface area contributed by atoms with Gasteiger partial charge in [-0.25, -0.2) is 9.07 Å². The normalized spacial score (nSPS) is 13.2. The number of aromatic nitrogens is 2. The number of carbonyl (C=O) groups is 1. The first-order chi connectivity index (χ1) is 18.4. The fourth-order valence-corrected chi connectivity index (χ4v) is 5.48. The summed E-state index contributed by atoms with van der Waals surface area (Å²) in [5.74, 6) is 0.506. The van der Waals surface area contributed by atoms with Crippen LogP contribution in [0.4, 0.5) is 4.39 Å². The molecule has 39 heavy (non-hydrogen) atoms. The SMILES string of the molecule is CC(C)CC(c1ccc2c(cnn2-c2ccc(F)cc2)c1)C(C)(C)CNC(=O)CC(C)(C)c1ccc(Cl)cc1. The van der Waals surface area contributed by atoms with Gasteiger partial charge in [0.2, 0.25) is 5.91 Å². The Hall–Kier alpha value is -3.18. The number of carbonyl (C=O) groups excluding carboxylic acids is 1. The number of nitrogens with one attached hydrogen (secondary N) is 1. The standard InChI is InChI=1S/C33H39ClFN3O/c1-22(2)17-29(23-7-16-30-24(18-23)20-37-38(30)28-14-12-27(35)13-15-28)33(5,6)21-36-31(39)19-32(3,4)25-8-10-26(34)11-9-25/h7-16,18,20,22,29H,17,19,21H2,1-6H3,(H,36,39). The van der Waals surface area contributed by atoms with Crippen molar-refractivity contribution in [1.82, 2.24) is 15.1 Å². The first kappa shape index (κ1) is 28.8. The zero-order valence-corrected chi connectivity index (χ0v) is 24.5. The molecule has 4 aromatic rings. The van der Waals surface area contributed by atoms with Gasteiger partial charge < -0.3 is 5.32 Å². The van der Waals surface area contributed by atoms with Crippen LogP contribution < -0.4 is 5.32 Å². The van der Waals surface area contributed by atoms with Crippen molar-refractivity contribution >= 4 is 28.4 Å². The summed E-state index contributed by atoms with van der Waals surface area (Å²) in [7, 11) is 0. The minimum Gasteiger partial charge on any atom is -0.356 e. The summed E-state index contributed by atoms with van der Waals surface area (Å²) in [6.07, 6.45) is 3.26. The third-order valence-corrected chi connectivity index (χ3v) is 7.94. The number of amides is 1. The van der Waals surface area contributed by atoms with Crippen LogP contribution in [0.25, 0.3) is 16.6 Å². The number of hydrogen-bond acceptors (Lipinski definition) is 2. The van der Waals surface area contributed by atoms with Gasteiger partial charge >= 0.3 is 0 Å². The third-order valence-electron chi connectivity index (χ3n) is 7.69. The lowest BCUT2D eigenvalue weighted by Gasteiger charge is -2.37. The Morgan fingerprint density at radius 2 is 1.67 bits per heavy atom. The summed E-state index contributed by atoms with van der Waals surface area (Å²) in [5.41, 5.74) is 3.65. The van der Waals surface area contributed by atoms with E-state index in [1.54, 1.807) is 12.1 Å². The Labute approximate surface area is 236 Å². The number of fused-ring (bicyclic) bond motifs is 1. The van der Waals surface area contributed by atoms with Gasteiger partial charge in [0.05, 0.1) is 17.4 Å². The molecule has 1 amide bonds. The molecule has 1 heterocycles. The Balaban J connectivity index is 1.51. The summed E-state index contributed by atoms with van der Waals surface area (Å²) in [6.45, 7) is 13.7. The molecule has 1 unspecified atom stereocenters. The first-order valence-electron chi connectivity index (χ1n) is 13.6. The van der Waals surface area contributed by atoms with E-state index in [0.29, 0.717) is 23.9 Å². The van der Waals surface area contributed by atoms with Crippen LogP contribution in [-0.4, -0.2) is 22.2 Å². The van der Waals surface area contributed by atoms with Gasteiger partial charge in [-0.2, -0.15) is 5.10 Å². The van der Waals surface area contributed by atoms with Crippen molar-refractivity contribution in [3.8, 4) is 5.69 Å². The summed E-state index contributed by atoms with van der Waals surface area (Å²) in [4.78, 5) is 13.1. The number of nitrogens with zero attached hydrogens (tertiary/aromatic N) is 2. The van der Waals surface area contributed by atoms with Crippen molar-refractivity contribution in [2.24, 2.45) is 11.3 Å². The quantitative estimate of drug-likeness (QED) is 0.216. The molecule has 206 valence electrons. The Bertz CT molecular complexity index is 1420. The van der Waals surface area contributed by atoms with Crippen molar-refractivity contribution in [3.63, 3.8) is 0 Å². The second-order valence-corrected chi connectivity index (χ2v) is 12.8. The highest BCUT2D eigenvalue weighted by molar-refractivity contribution is 6.30. The lowest BCUT2D eigenvalue weighted by Crippen LogP contribution is -2.40. The molecule has 0 aliphatic carbocycles. The van der Waals surface area contributed by atoms with Gasteiger partial charge in [-0.1, -0.05) is 71.3 Å². The Kier molecular flexibility index (Phi) is 8.51. The van der Waals surface area contributed by atoms with Gasteiger partial charge in [0.15, 0.2) is 0 Å². The van der Waals surface area contributed by atoms with Gasteiger partial charge in [-0.3, -0.25) is 4.79 Å². The molecule has 3 aromatic carbocycles. The molecule has 0 fully saturated rings. The molecule has 6 heteroatoms. The van der Waals surface area contributed by atoms with Crippen molar-refractivity contribution in [2.45, 2.75) is 65.7 Å². The highest BCUT2D eigenvalue weighted by Gasteiger charge is 2.33. The van der Waals surface area contributed by atoms with Crippen molar-refractivity contribution in [1.29, 1.82) is 0 Å². The molecule has 0 bridgehead atoms. The molecule has 1 N–H and O–H groups in total. The minimum atomic E-state index is -0.300. The second kappa shape index (κ2) is 11.5. The van der Waals surface area contributed by atoms with Gasteiger partial charge in [0, 0.05) is 23.4 Å². The van der Waals surface area contributed by atoms with Crippen LogP contribution in [0.15, 0.2) is 72.9 Å². The maximum absolute atomic E-state index is 13.4. The minimum absolute atomic E-state index is 0.0438. The number of hydrogen-bond donors (Lipinski definition) is 1. The zero-order valence-electron chi connectivity index (χ0n) is 23.8. The van der Waals surface area contributed by atoms with Crippen LogP contribution in [0, 0.1) is 17.2 Å². The summed E-state index contributed by atoms with van der Waals surface area (Å²) in [6, 6.07) is 20.6. The monoisotopic (exact) mass is 547 g/mol. The van der Waals surface area contributed by atoms with Crippen LogP contribution in [0.3, 0.4) is 0 Å². The van der Waals surface area contributed by atoms with Gasteiger partial charge in [0.25, 0.3) is 0 Å². The summed E-state index contributed by atoms with van der Waals surface area (Å²) >= 11 is 6.05. The molecule has 0 saturated carbocycles. The zero-order chi connectivity index (χ0) is 28.4. The molecule has 0 radical (unpaired) electrons. The molecule has 1 aromatic heterocycles. The molecule has 0 spiro atoms. The van der Waals surface area contributed by atoms with Crippen molar-refractivity contribution < 1.29 is 9.18 Å². The predicted molar refractivity (Wildman–Crippen MR) is 159 cm³/mol. The predicted octanol–water partition coefficient (Wildman–Crippen LogP) is 8.46. The summed E-state index contributed by atoms with van der Waals surface area (Å²) < 4.78 is 15.3. The molecule has 4 rings (SSSR count). The topological polar surface area (TPSA) is 46.9 Å². The fourth-order valence-electron chi connectivity index (χ4n) is 5.35. The van der Waals surface area contributed by atoms with Gasteiger partial charge in [-0.05, 0) is 88.7 Å². The van der Waals surface area contributed by atoms with Gasteiger partial charge in [-0.15, -0.1) is 0 Å². The van der Waals surface area contributed by atoms with Crippen molar-refractivity contribution in [3.05, 3.63) is 94.9 Å². The van der Waals surface area contributed by atoms with E-state index in [1.807, 2.05) is 35.1 Å². The van der Waals surface area contributed by atoms with E-state index in [-0.39, 0.29) is 28.5 Å². The molecule has 0 aliphatic heterocycles. The van der Waals surface area contributed by atoms with Crippen LogP contribution in [-0.2, 0) is 10.2 Å². The molecule has 0 saturated heterocycles. The largest absolute Gasteiger partial charge is 0.356 e. The van der Waals surface area contributed by atoms with E-state index in [1.165, 1.54) is 17.7 Å². The van der Waals surface area contributed by atoms with E-state index in [0.717, 1.165) is 28.6 Å². The smallest absolute Gasteiger partial charge is 0.220 e. The van der Waals surface area contributed by atoms with E-state index in [4.69, 9.17) is 11.6 Å². The Morgan fingerprint density at radius 1 is 1.00 bits per heavy atom. The van der Waals surface area contributed by atoms with Crippen LogP contribution in [0.2, 0.25) is 5.02 Å². The first-order valence-corrected chi connectivity index (χ1v) is 14.0. The number of halogens is 2. The maximum Gasteiger partial charge on any atom is 0.220 e. The maximum atomic E-state index is 13.4. The molecule has 1 atom stereocenters. The fraction of sp³-hybridized carbons (Fsp3) is 0.394. The lowest BCUT2D eigenvalue weighted by atomic mass is 9.71. The lowest BCUT2D eigenvalue weighted by molar-refractivity contribution is -0.122. The van der Waals surface area contributed by atoms with E-state index in [2.05, 4.69) is 70.2 Å². The number of rotatable bonds is 10. The molecule has 4 nitrogen and oxygen atoms in total. The van der Waals surface area contributed by atoms with Crippen LogP contribution in [0.5, 0.6) is 0 Å². The average molecular weight is 548 g/mol. The molecule has 0 aliphatic rings. The highest BCUT2D eigenvalue weighted by Crippen LogP contribution is 2.41.